The fourth-order valence-electron chi connectivity index (χ4n) is 3.93. The maximum Gasteiger partial charge on any atom is 0.330 e. The van der Waals surface area contributed by atoms with Gasteiger partial charge < -0.3 is 15.0 Å². The number of methoxy groups -OCH3 is 1. The number of aryl methyl sites for hydroxylation is 1. The molecule has 2 N–H and O–H groups in total. The molecule has 0 fully saturated rings. The minimum absolute atomic E-state index is 0.334. The molecule has 1 aliphatic rings. The van der Waals surface area contributed by atoms with Gasteiger partial charge in [-0.15, -0.1) is 0 Å². The number of nitrogens with one attached hydrogen (secondary N) is 2. The number of H-pyrrole nitrogens is 1. The topological polar surface area (TPSA) is 54.1 Å². The molecule has 0 aliphatic heterocycles. The highest BCUT2D eigenvalue weighted by molar-refractivity contribution is 6.31. The SMILES string of the molecule is COC(=O)C=Cc1ccc2c(c1)CCC2NCCc1c[nH]c2cc(Cl)ccc12. The second kappa shape index (κ2) is 8.21. The molecule has 28 heavy (non-hydrogen) atoms. The molecule has 0 amide bonds. The first-order valence-corrected chi connectivity index (χ1v) is 9.89. The number of benzene rings is 2. The Labute approximate surface area is 169 Å². The fraction of sp³-hybridized carbons (Fsp3) is 0.261. The lowest BCUT2D eigenvalue weighted by molar-refractivity contribution is -0.134. The second-order valence-electron chi connectivity index (χ2n) is 7.11. The van der Waals surface area contributed by atoms with Crippen molar-refractivity contribution in [1.82, 2.24) is 10.3 Å². The van der Waals surface area contributed by atoms with Gasteiger partial charge in [0, 0.05) is 34.2 Å². The smallest absolute Gasteiger partial charge is 0.330 e. The molecule has 0 saturated heterocycles. The van der Waals surface area contributed by atoms with Gasteiger partial charge in [0.2, 0.25) is 0 Å². The summed E-state index contributed by atoms with van der Waals surface area (Å²) in [5.41, 5.74) is 6.14. The summed E-state index contributed by atoms with van der Waals surface area (Å²) in [6, 6.07) is 12.8. The lowest BCUT2D eigenvalue weighted by atomic mass is 10.0. The maximum absolute atomic E-state index is 11.3. The monoisotopic (exact) mass is 394 g/mol. The predicted octanol–water partition coefficient (Wildman–Crippen LogP) is 4.83. The first-order valence-electron chi connectivity index (χ1n) is 9.52. The Bertz CT molecular complexity index is 1040. The van der Waals surface area contributed by atoms with Crippen LogP contribution in [-0.4, -0.2) is 24.6 Å². The average molecular weight is 395 g/mol. The van der Waals surface area contributed by atoms with Crippen LogP contribution in [0, 0.1) is 0 Å². The van der Waals surface area contributed by atoms with Gasteiger partial charge in [0.05, 0.1) is 7.11 Å². The van der Waals surface area contributed by atoms with E-state index >= 15 is 0 Å². The van der Waals surface area contributed by atoms with E-state index in [4.69, 9.17) is 11.6 Å². The summed E-state index contributed by atoms with van der Waals surface area (Å²) in [7, 11) is 1.39. The van der Waals surface area contributed by atoms with Crippen molar-refractivity contribution >= 4 is 34.5 Å². The lowest BCUT2D eigenvalue weighted by Crippen LogP contribution is -2.21. The molecule has 0 radical (unpaired) electrons. The third kappa shape index (κ3) is 3.98. The van der Waals surface area contributed by atoms with Crippen LogP contribution in [0.1, 0.15) is 34.7 Å². The Hall–Kier alpha value is -2.56. The third-order valence-electron chi connectivity index (χ3n) is 5.37. The largest absolute Gasteiger partial charge is 0.466 e. The molecular formula is C23H23ClN2O2. The van der Waals surface area contributed by atoms with Crippen LogP contribution in [0.4, 0.5) is 0 Å². The Morgan fingerprint density at radius 2 is 2.21 bits per heavy atom. The Balaban J connectivity index is 1.38. The van der Waals surface area contributed by atoms with Gasteiger partial charge >= 0.3 is 5.97 Å². The van der Waals surface area contributed by atoms with Crippen molar-refractivity contribution in [3.05, 3.63) is 75.9 Å². The molecule has 3 aromatic rings. The summed E-state index contributed by atoms with van der Waals surface area (Å²) >= 11 is 6.06. The van der Waals surface area contributed by atoms with Crippen LogP contribution < -0.4 is 5.32 Å². The zero-order chi connectivity index (χ0) is 19.5. The van der Waals surface area contributed by atoms with Crippen LogP contribution in [-0.2, 0) is 22.4 Å². The number of carbonyl (C=O) groups is 1. The number of hydrogen-bond donors (Lipinski definition) is 2. The Morgan fingerprint density at radius 1 is 1.32 bits per heavy atom. The molecule has 0 spiro atoms. The molecule has 1 aliphatic carbocycles. The number of esters is 1. The van der Waals surface area contributed by atoms with E-state index in [1.807, 2.05) is 12.1 Å². The number of ether oxygens (including phenoxy) is 1. The van der Waals surface area contributed by atoms with Crippen LogP contribution in [0.3, 0.4) is 0 Å². The number of aromatic amines is 1. The standard InChI is InChI=1S/C23H23ClN2O2/c1-28-23(27)9-3-15-2-6-19-16(12-15)4-8-21(19)25-11-10-17-14-26-22-13-18(24)5-7-20(17)22/h2-3,5-7,9,12-14,21,25-26H,4,8,10-11H2,1H3. The molecule has 4 rings (SSSR count). The quantitative estimate of drug-likeness (QED) is 0.465. The Morgan fingerprint density at radius 3 is 3.07 bits per heavy atom. The number of carbonyl (C=O) groups excluding carboxylic acids is 1. The zero-order valence-electron chi connectivity index (χ0n) is 15.8. The van der Waals surface area contributed by atoms with Crippen LogP contribution in [0.2, 0.25) is 5.02 Å². The van der Waals surface area contributed by atoms with Crippen molar-refractivity contribution in [2.45, 2.75) is 25.3 Å². The molecule has 4 nitrogen and oxygen atoms in total. The molecular weight excluding hydrogens is 372 g/mol. The summed E-state index contributed by atoms with van der Waals surface area (Å²) in [6.07, 6.45) is 8.46. The molecule has 1 heterocycles. The molecule has 1 atom stereocenters. The van der Waals surface area contributed by atoms with Crippen molar-refractivity contribution in [1.29, 1.82) is 0 Å². The van der Waals surface area contributed by atoms with E-state index in [-0.39, 0.29) is 5.97 Å². The van der Waals surface area contributed by atoms with E-state index in [1.165, 1.54) is 35.3 Å². The molecule has 144 valence electrons. The number of halogens is 1. The highest BCUT2D eigenvalue weighted by atomic mass is 35.5. The van der Waals surface area contributed by atoms with Gasteiger partial charge in [0.15, 0.2) is 0 Å². The normalized spacial score (nSPS) is 16.0. The highest BCUT2D eigenvalue weighted by Crippen LogP contribution is 2.32. The van der Waals surface area contributed by atoms with Crippen molar-refractivity contribution < 1.29 is 9.53 Å². The summed E-state index contributed by atoms with van der Waals surface area (Å²) in [5.74, 6) is -0.334. The van der Waals surface area contributed by atoms with E-state index in [2.05, 4.69) is 45.5 Å². The summed E-state index contributed by atoms with van der Waals surface area (Å²) in [6.45, 7) is 0.920. The minimum atomic E-state index is -0.334. The Kier molecular flexibility index (Phi) is 5.51. The summed E-state index contributed by atoms with van der Waals surface area (Å²) < 4.78 is 4.64. The van der Waals surface area contributed by atoms with Crippen molar-refractivity contribution in [3.8, 4) is 0 Å². The van der Waals surface area contributed by atoms with E-state index < -0.39 is 0 Å². The number of hydrogen-bond acceptors (Lipinski definition) is 3. The van der Waals surface area contributed by atoms with Crippen molar-refractivity contribution in [2.75, 3.05) is 13.7 Å². The van der Waals surface area contributed by atoms with E-state index in [9.17, 15) is 4.79 Å². The second-order valence-corrected chi connectivity index (χ2v) is 7.55. The van der Waals surface area contributed by atoms with E-state index in [0.29, 0.717) is 6.04 Å². The van der Waals surface area contributed by atoms with Crippen LogP contribution >= 0.6 is 11.6 Å². The fourth-order valence-corrected chi connectivity index (χ4v) is 4.10. The van der Waals surface area contributed by atoms with Gasteiger partial charge in [0.25, 0.3) is 0 Å². The highest BCUT2D eigenvalue weighted by Gasteiger charge is 2.21. The van der Waals surface area contributed by atoms with Crippen molar-refractivity contribution in [3.63, 3.8) is 0 Å². The van der Waals surface area contributed by atoms with Crippen LogP contribution in [0.5, 0.6) is 0 Å². The summed E-state index contributed by atoms with van der Waals surface area (Å²) in [5, 5.41) is 5.69. The van der Waals surface area contributed by atoms with Gasteiger partial charge in [-0.25, -0.2) is 4.79 Å². The van der Waals surface area contributed by atoms with Gasteiger partial charge in [-0.2, -0.15) is 0 Å². The lowest BCUT2D eigenvalue weighted by Gasteiger charge is -2.14. The van der Waals surface area contributed by atoms with Gasteiger partial charge in [-0.1, -0.05) is 35.9 Å². The predicted molar refractivity (Wildman–Crippen MR) is 114 cm³/mol. The van der Waals surface area contributed by atoms with E-state index in [1.54, 1.807) is 6.08 Å². The molecule has 0 saturated carbocycles. The summed E-state index contributed by atoms with van der Waals surface area (Å²) in [4.78, 5) is 14.6. The molecule has 5 heteroatoms. The van der Waals surface area contributed by atoms with Crippen LogP contribution in [0.15, 0.2) is 48.7 Å². The van der Waals surface area contributed by atoms with Crippen LogP contribution in [0.25, 0.3) is 17.0 Å². The van der Waals surface area contributed by atoms with Gasteiger partial charge in [0.1, 0.15) is 0 Å². The maximum atomic E-state index is 11.3. The molecule has 0 bridgehead atoms. The number of aromatic nitrogens is 1. The van der Waals surface area contributed by atoms with E-state index in [0.717, 1.165) is 41.9 Å². The zero-order valence-corrected chi connectivity index (χ0v) is 16.6. The number of fused-ring (bicyclic) bond motifs is 2. The number of rotatable bonds is 6. The van der Waals surface area contributed by atoms with Gasteiger partial charge in [-0.05, 0) is 66.3 Å². The third-order valence-corrected chi connectivity index (χ3v) is 5.61. The molecule has 1 aromatic heterocycles. The van der Waals surface area contributed by atoms with Gasteiger partial charge in [-0.3, -0.25) is 0 Å². The van der Waals surface area contributed by atoms with Crippen molar-refractivity contribution in [2.24, 2.45) is 0 Å². The minimum Gasteiger partial charge on any atom is -0.466 e. The first kappa shape index (κ1) is 18.8. The molecule has 1 unspecified atom stereocenters. The average Bonchev–Trinajstić information content (AvgIpc) is 3.29. The first-order chi connectivity index (χ1) is 13.6. The molecule has 2 aromatic carbocycles.